The lowest BCUT2D eigenvalue weighted by atomic mass is 10.1. The van der Waals surface area contributed by atoms with E-state index in [1.54, 1.807) is 6.08 Å². The van der Waals surface area contributed by atoms with Crippen LogP contribution in [0.4, 0.5) is 5.69 Å². The van der Waals surface area contributed by atoms with Crippen molar-refractivity contribution in [2.45, 2.75) is 6.42 Å². The first-order chi connectivity index (χ1) is 10.7. The molecule has 3 rings (SSSR count). The van der Waals surface area contributed by atoms with E-state index in [1.165, 1.54) is 6.20 Å². The molecule has 7 heteroatoms. The van der Waals surface area contributed by atoms with Crippen LogP contribution in [0, 0.1) is 10.1 Å². The van der Waals surface area contributed by atoms with Gasteiger partial charge in [0.2, 0.25) is 0 Å². The molecule has 0 spiro atoms. The van der Waals surface area contributed by atoms with E-state index in [0.717, 1.165) is 17.0 Å². The Kier molecular flexibility index (Phi) is 3.53. The van der Waals surface area contributed by atoms with Crippen molar-refractivity contribution in [2.75, 3.05) is 0 Å². The number of hydrogen-bond donors (Lipinski definition) is 2. The summed E-state index contributed by atoms with van der Waals surface area (Å²) in [5.41, 5.74) is 2.68. The van der Waals surface area contributed by atoms with Gasteiger partial charge in [-0.15, -0.1) is 6.58 Å². The summed E-state index contributed by atoms with van der Waals surface area (Å²) in [7, 11) is 0. The molecule has 2 N–H and O–H groups in total. The third-order valence-corrected chi connectivity index (χ3v) is 3.23. The smallest absolute Gasteiger partial charge is 0.317 e. The highest BCUT2D eigenvalue weighted by atomic mass is 16.6. The minimum Gasteiger partial charge on any atom is -0.340 e. The minimum absolute atomic E-state index is 0.112. The maximum absolute atomic E-state index is 11.0. The highest BCUT2D eigenvalue weighted by Crippen LogP contribution is 2.29. The van der Waals surface area contributed by atoms with Gasteiger partial charge in [0.15, 0.2) is 11.5 Å². The lowest BCUT2D eigenvalue weighted by molar-refractivity contribution is -0.384. The first-order valence-electron chi connectivity index (χ1n) is 6.64. The van der Waals surface area contributed by atoms with Crippen molar-refractivity contribution >= 4 is 5.69 Å². The van der Waals surface area contributed by atoms with Crippen molar-refractivity contribution in [1.82, 2.24) is 20.2 Å². The van der Waals surface area contributed by atoms with Crippen LogP contribution in [0.3, 0.4) is 0 Å². The third-order valence-electron chi connectivity index (χ3n) is 3.23. The standard InChI is InChI=1S/C15H13N5O2/c1-2-6-11-13(10-7-4-3-5-8-10)18-15(17-11)14-12(20(21)22)9-16-19-14/h2-5,7-9H,1,6H2,(H,16,19)(H,17,18). The lowest BCUT2D eigenvalue weighted by Gasteiger charge is -1.99. The molecule has 7 nitrogen and oxygen atoms in total. The Morgan fingerprint density at radius 1 is 1.32 bits per heavy atom. The number of hydrogen-bond acceptors (Lipinski definition) is 4. The van der Waals surface area contributed by atoms with Crippen LogP contribution in [0.2, 0.25) is 0 Å². The molecule has 0 radical (unpaired) electrons. The van der Waals surface area contributed by atoms with Crippen LogP contribution in [0.15, 0.2) is 49.2 Å². The molecule has 0 bridgehead atoms. The number of nitrogens with one attached hydrogen (secondary N) is 2. The summed E-state index contributed by atoms with van der Waals surface area (Å²) in [6.07, 6.45) is 3.51. The molecule has 0 aliphatic carbocycles. The van der Waals surface area contributed by atoms with E-state index < -0.39 is 4.92 Å². The van der Waals surface area contributed by atoms with Crippen LogP contribution in [0.5, 0.6) is 0 Å². The van der Waals surface area contributed by atoms with Gasteiger partial charge in [0.05, 0.1) is 10.6 Å². The first-order valence-corrected chi connectivity index (χ1v) is 6.64. The van der Waals surface area contributed by atoms with Gasteiger partial charge in [-0.1, -0.05) is 36.4 Å². The average molecular weight is 295 g/mol. The second-order valence-corrected chi connectivity index (χ2v) is 4.66. The average Bonchev–Trinajstić information content (AvgIpc) is 3.15. The molecule has 1 aromatic carbocycles. The first kappa shape index (κ1) is 13.7. The minimum atomic E-state index is -0.489. The highest BCUT2D eigenvalue weighted by molar-refractivity contribution is 5.69. The van der Waals surface area contributed by atoms with Crippen molar-refractivity contribution in [3.63, 3.8) is 0 Å². The van der Waals surface area contributed by atoms with Crippen LogP contribution >= 0.6 is 0 Å². The van der Waals surface area contributed by atoms with Gasteiger partial charge in [-0.05, 0) is 0 Å². The summed E-state index contributed by atoms with van der Waals surface area (Å²) in [5, 5.41) is 17.4. The van der Waals surface area contributed by atoms with Crippen LogP contribution in [-0.4, -0.2) is 25.1 Å². The maximum atomic E-state index is 11.0. The van der Waals surface area contributed by atoms with Crippen LogP contribution in [0.1, 0.15) is 5.69 Å². The SMILES string of the molecule is C=CCc1[nH]c(-c2[nH]ncc2[N+](=O)[O-])nc1-c1ccccc1. The summed E-state index contributed by atoms with van der Waals surface area (Å²) >= 11 is 0. The van der Waals surface area contributed by atoms with Crippen molar-refractivity contribution < 1.29 is 4.92 Å². The van der Waals surface area contributed by atoms with Crippen molar-refractivity contribution in [2.24, 2.45) is 0 Å². The van der Waals surface area contributed by atoms with Crippen molar-refractivity contribution in [3.8, 4) is 22.8 Å². The zero-order valence-corrected chi connectivity index (χ0v) is 11.6. The van der Waals surface area contributed by atoms with Crippen LogP contribution in [-0.2, 0) is 6.42 Å². The lowest BCUT2D eigenvalue weighted by Crippen LogP contribution is -1.90. The van der Waals surface area contributed by atoms with Crippen molar-refractivity contribution in [1.29, 1.82) is 0 Å². The Bertz CT molecular complexity index is 820. The fourth-order valence-corrected chi connectivity index (χ4v) is 2.25. The second-order valence-electron chi connectivity index (χ2n) is 4.66. The zero-order valence-electron chi connectivity index (χ0n) is 11.6. The van der Waals surface area contributed by atoms with E-state index in [4.69, 9.17) is 0 Å². The summed E-state index contributed by atoms with van der Waals surface area (Å²) in [6, 6.07) is 9.63. The molecular formula is C15H13N5O2. The molecule has 0 saturated carbocycles. The van der Waals surface area contributed by atoms with E-state index in [1.807, 2.05) is 30.3 Å². The molecule has 0 unspecified atom stereocenters. The topological polar surface area (TPSA) is 100 Å². The Labute approximate surface area is 125 Å². The Hall–Kier alpha value is -3.22. The molecule has 3 aromatic rings. The Morgan fingerprint density at radius 3 is 2.77 bits per heavy atom. The van der Waals surface area contributed by atoms with E-state index in [2.05, 4.69) is 26.7 Å². The van der Waals surface area contributed by atoms with Gasteiger partial charge in [-0.2, -0.15) is 5.10 Å². The number of imidazole rings is 1. The van der Waals surface area contributed by atoms with Gasteiger partial charge in [0.25, 0.3) is 0 Å². The number of allylic oxidation sites excluding steroid dienone is 1. The third kappa shape index (κ3) is 2.39. The molecular weight excluding hydrogens is 282 g/mol. The maximum Gasteiger partial charge on any atom is 0.317 e. The predicted molar refractivity (Wildman–Crippen MR) is 82.2 cm³/mol. The van der Waals surface area contributed by atoms with E-state index >= 15 is 0 Å². The molecule has 0 amide bonds. The van der Waals surface area contributed by atoms with E-state index in [-0.39, 0.29) is 11.4 Å². The molecule has 0 atom stereocenters. The molecule has 2 heterocycles. The van der Waals surface area contributed by atoms with Gasteiger partial charge >= 0.3 is 5.69 Å². The second kappa shape index (κ2) is 5.65. The van der Waals surface area contributed by atoms with E-state index in [9.17, 15) is 10.1 Å². The zero-order chi connectivity index (χ0) is 15.5. The normalized spacial score (nSPS) is 10.5. The molecule has 2 aromatic heterocycles. The van der Waals surface area contributed by atoms with Crippen molar-refractivity contribution in [3.05, 3.63) is 65.0 Å². The number of benzene rings is 1. The number of nitrogens with zero attached hydrogens (tertiary/aromatic N) is 3. The van der Waals surface area contributed by atoms with Gasteiger partial charge in [-0.3, -0.25) is 15.2 Å². The molecule has 0 saturated heterocycles. The van der Waals surface area contributed by atoms with Gasteiger partial charge < -0.3 is 4.98 Å². The Balaban J connectivity index is 2.13. The number of rotatable bonds is 5. The molecule has 0 aliphatic heterocycles. The number of H-pyrrole nitrogens is 2. The van der Waals surface area contributed by atoms with Gasteiger partial charge in [0.1, 0.15) is 6.20 Å². The van der Waals surface area contributed by atoms with Gasteiger partial charge in [0, 0.05) is 17.7 Å². The fourth-order valence-electron chi connectivity index (χ4n) is 2.25. The summed E-state index contributed by atoms with van der Waals surface area (Å²) in [5.74, 6) is 0.389. The quantitative estimate of drug-likeness (QED) is 0.429. The monoisotopic (exact) mass is 295 g/mol. The fraction of sp³-hybridized carbons (Fsp3) is 0.0667. The summed E-state index contributed by atoms with van der Waals surface area (Å²) < 4.78 is 0. The molecule has 110 valence electrons. The number of aromatic amines is 2. The molecule has 22 heavy (non-hydrogen) atoms. The molecule has 0 fully saturated rings. The summed E-state index contributed by atoms with van der Waals surface area (Å²) in [6.45, 7) is 3.73. The number of aromatic nitrogens is 4. The van der Waals surface area contributed by atoms with Crippen LogP contribution in [0.25, 0.3) is 22.8 Å². The highest BCUT2D eigenvalue weighted by Gasteiger charge is 2.22. The van der Waals surface area contributed by atoms with Crippen LogP contribution < -0.4 is 0 Å². The van der Waals surface area contributed by atoms with Gasteiger partial charge in [-0.25, -0.2) is 4.98 Å². The Morgan fingerprint density at radius 2 is 2.09 bits per heavy atom. The summed E-state index contributed by atoms with van der Waals surface area (Å²) in [4.78, 5) is 18.2. The van der Waals surface area contributed by atoms with E-state index in [0.29, 0.717) is 12.2 Å². The number of nitro groups is 1. The largest absolute Gasteiger partial charge is 0.340 e. The predicted octanol–water partition coefficient (Wildman–Crippen LogP) is 3.10. The molecule has 0 aliphatic rings.